The number of benzene rings is 1. The van der Waals surface area contributed by atoms with Gasteiger partial charge in [0.2, 0.25) is 5.91 Å². The Kier molecular flexibility index (Phi) is 7.07. The number of urea groups is 1. The molecule has 0 aliphatic rings. The van der Waals surface area contributed by atoms with Crippen molar-refractivity contribution >= 4 is 45.3 Å². The highest BCUT2D eigenvalue weighted by Crippen LogP contribution is 2.28. The molecule has 3 aromatic rings. The van der Waals surface area contributed by atoms with Gasteiger partial charge in [-0.05, 0) is 25.0 Å². The van der Waals surface area contributed by atoms with E-state index in [1.165, 1.54) is 17.4 Å². The second-order valence-electron chi connectivity index (χ2n) is 6.57. The van der Waals surface area contributed by atoms with Crippen LogP contribution in [0.5, 0.6) is 0 Å². The van der Waals surface area contributed by atoms with E-state index in [1.54, 1.807) is 4.57 Å². The van der Waals surface area contributed by atoms with Crippen molar-refractivity contribution < 1.29 is 9.59 Å². The lowest BCUT2D eigenvalue weighted by Gasteiger charge is -2.12. The fraction of sp³-hybridized carbons (Fsp3) is 0.238. The van der Waals surface area contributed by atoms with Crippen LogP contribution in [-0.2, 0) is 11.3 Å². The van der Waals surface area contributed by atoms with Crippen molar-refractivity contribution in [3.05, 3.63) is 69.3 Å². The number of carbonyl (C=O) groups is 2. The molecule has 0 radical (unpaired) electrons. The van der Waals surface area contributed by atoms with Gasteiger partial charge in [0, 0.05) is 11.4 Å². The van der Waals surface area contributed by atoms with Crippen LogP contribution in [0.3, 0.4) is 0 Å². The summed E-state index contributed by atoms with van der Waals surface area (Å²) in [4.78, 5) is 43.4. The minimum absolute atomic E-state index is 0.0441. The smallest absolute Gasteiger partial charge is 0.321 e. The van der Waals surface area contributed by atoms with Gasteiger partial charge in [-0.15, -0.1) is 17.9 Å². The highest BCUT2D eigenvalue weighted by molar-refractivity contribution is 7.99. The maximum Gasteiger partial charge on any atom is 0.321 e. The van der Waals surface area contributed by atoms with Crippen molar-refractivity contribution in [1.82, 2.24) is 20.2 Å². The van der Waals surface area contributed by atoms with Gasteiger partial charge in [0.15, 0.2) is 5.16 Å². The van der Waals surface area contributed by atoms with Gasteiger partial charge in [0.25, 0.3) is 5.56 Å². The summed E-state index contributed by atoms with van der Waals surface area (Å²) in [6.45, 7) is 8.00. The molecule has 7 nitrogen and oxygen atoms in total. The quantitative estimate of drug-likeness (QED) is 0.333. The lowest BCUT2D eigenvalue weighted by molar-refractivity contribution is -0.117. The Morgan fingerprint density at radius 3 is 2.70 bits per heavy atom. The Morgan fingerprint density at radius 1 is 1.27 bits per heavy atom. The largest absolute Gasteiger partial charge is 0.334 e. The summed E-state index contributed by atoms with van der Waals surface area (Å²) in [5.41, 5.74) is 1.76. The third-order valence-corrected chi connectivity index (χ3v) is 6.51. The van der Waals surface area contributed by atoms with Crippen LogP contribution in [0, 0.1) is 13.8 Å². The second-order valence-corrected chi connectivity index (χ2v) is 8.72. The van der Waals surface area contributed by atoms with Gasteiger partial charge in [-0.1, -0.05) is 48.2 Å². The number of nitrogens with one attached hydrogen (secondary N) is 2. The molecule has 0 fully saturated rings. The summed E-state index contributed by atoms with van der Waals surface area (Å²) in [5.74, 6) is -0.516. The van der Waals surface area contributed by atoms with Crippen LogP contribution >= 0.6 is 23.1 Å². The molecular formula is C21H22N4O3S2. The van der Waals surface area contributed by atoms with Gasteiger partial charge in [0.05, 0.1) is 17.7 Å². The molecule has 1 aromatic carbocycles. The Hall–Kier alpha value is -2.91. The SMILES string of the molecule is C=CCNC(=O)NC(=O)CSc1nc2sc(C)c(C)c2c(=O)n1Cc1ccccc1. The Balaban J connectivity index is 1.89. The number of carbonyl (C=O) groups excluding carboxylic acids is 2. The van der Waals surface area contributed by atoms with Crippen molar-refractivity contribution in [1.29, 1.82) is 0 Å². The molecule has 0 bridgehead atoms. The first kappa shape index (κ1) is 21.8. The van der Waals surface area contributed by atoms with Gasteiger partial charge >= 0.3 is 6.03 Å². The predicted octanol–water partition coefficient (Wildman–Crippen LogP) is 3.23. The number of imide groups is 1. The van der Waals surface area contributed by atoms with Crippen molar-refractivity contribution in [2.75, 3.05) is 12.3 Å². The van der Waals surface area contributed by atoms with Crippen molar-refractivity contribution in [3.63, 3.8) is 0 Å². The van der Waals surface area contributed by atoms with Crippen LogP contribution in [0.15, 0.2) is 52.9 Å². The van der Waals surface area contributed by atoms with Crippen LogP contribution < -0.4 is 16.2 Å². The summed E-state index contributed by atoms with van der Waals surface area (Å²) in [5, 5.41) is 5.79. The number of aromatic nitrogens is 2. The van der Waals surface area contributed by atoms with E-state index in [1.807, 2.05) is 44.2 Å². The normalized spacial score (nSPS) is 10.7. The summed E-state index contributed by atoms with van der Waals surface area (Å²) in [6.07, 6.45) is 1.52. The number of hydrogen-bond acceptors (Lipinski definition) is 6. The molecule has 0 spiro atoms. The molecule has 0 saturated carbocycles. The van der Waals surface area contributed by atoms with E-state index in [-0.39, 0.29) is 17.9 Å². The van der Waals surface area contributed by atoms with E-state index in [9.17, 15) is 14.4 Å². The fourth-order valence-corrected chi connectivity index (χ4v) is 4.70. The van der Waals surface area contributed by atoms with E-state index in [0.29, 0.717) is 21.9 Å². The number of aryl methyl sites for hydroxylation is 2. The average Bonchev–Trinajstić information content (AvgIpc) is 3.01. The third-order valence-electron chi connectivity index (χ3n) is 4.43. The molecule has 30 heavy (non-hydrogen) atoms. The zero-order valence-electron chi connectivity index (χ0n) is 16.7. The van der Waals surface area contributed by atoms with Gasteiger partial charge in [-0.3, -0.25) is 19.5 Å². The highest BCUT2D eigenvalue weighted by atomic mass is 32.2. The molecule has 0 aliphatic carbocycles. The first-order valence-electron chi connectivity index (χ1n) is 9.26. The number of fused-ring (bicyclic) bond motifs is 1. The van der Waals surface area contributed by atoms with Gasteiger partial charge in [-0.2, -0.15) is 0 Å². The molecule has 2 heterocycles. The van der Waals surface area contributed by atoms with Gasteiger partial charge in [0.1, 0.15) is 4.83 Å². The molecule has 0 unspecified atom stereocenters. The number of nitrogens with zero attached hydrogens (tertiary/aromatic N) is 2. The van der Waals surface area contributed by atoms with Crippen molar-refractivity contribution in [3.8, 4) is 0 Å². The lowest BCUT2D eigenvalue weighted by Crippen LogP contribution is -2.40. The molecule has 2 aromatic heterocycles. The summed E-state index contributed by atoms with van der Waals surface area (Å²) < 4.78 is 1.59. The van der Waals surface area contributed by atoms with Gasteiger partial charge in [-0.25, -0.2) is 9.78 Å². The Bertz CT molecular complexity index is 1150. The number of amides is 3. The monoisotopic (exact) mass is 442 g/mol. The maximum atomic E-state index is 13.3. The molecule has 3 rings (SSSR count). The molecule has 156 valence electrons. The summed E-state index contributed by atoms with van der Waals surface area (Å²) in [7, 11) is 0. The van der Waals surface area contributed by atoms with Crippen LogP contribution in [0.2, 0.25) is 0 Å². The van der Waals surface area contributed by atoms with Crippen LogP contribution in [0.4, 0.5) is 4.79 Å². The number of hydrogen-bond donors (Lipinski definition) is 2. The third kappa shape index (κ3) is 4.98. The molecule has 3 amide bonds. The summed E-state index contributed by atoms with van der Waals surface area (Å²) in [6, 6.07) is 9.02. The van der Waals surface area contributed by atoms with E-state index < -0.39 is 11.9 Å². The van der Waals surface area contributed by atoms with Crippen molar-refractivity contribution in [2.24, 2.45) is 0 Å². The van der Waals surface area contributed by atoms with E-state index in [0.717, 1.165) is 27.8 Å². The first-order valence-corrected chi connectivity index (χ1v) is 11.1. The average molecular weight is 443 g/mol. The Morgan fingerprint density at radius 2 is 2.00 bits per heavy atom. The number of thioether (sulfide) groups is 1. The van der Waals surface area contributed by atoms with E-state index >= 15 is 0 Å². The second kappa shape index (κ2) is 9.73. The Labute approximate surface area is 182 Å². The minimum atomic E-state index is -0.588. The molecule has 0 aliphatic heterocycles. The maximum absolute atomic E-state index is 13.3. The van der Waals surface area contributed by atoms with Crippen LogP contribution in [-0.4, -0.2) is 33.8 Å². The number of rotatable bonds is 7. The molecule has 2 N–H and O–H groups in total. The highest BCUT2D eigenvalue weighted by Gasteiger charge is 2.18. The summed E-state index contributed by atoms with van der Waals surface area (Å²) >= 11 is 2.59. The molecule has 0 saturated heterocycles. The zero-order chi connectivity index (χ0) is 21.7. The predicted molar refractivity (Wildman–Crippen MR) is 121 cm³/mol. The van der Waals surface area contributed by atoms with Crippen molar-refractivity contribution in [2.45, 2.75) is 25.5 Å². The minimum Gasteiger partial charge on any atom is -0.334 e. The molecule has 9 heteroatoms. The van der Waals surface area contributed by atoms with E-state index in [4.69, 9.17) is 0 Å². The van der Waals surface area contributed by atoms with Gasteiger partial charge < -0.3 is 5.32 Å². The molecule has 0 atom stereocenters. The van der Waals surface area contributed by atoms with Crippen LogP contribution in [0.25, 0.3) is 10.2 Å². The topological polar surface area (TPSA) is 93.1 Å². The lowest BCUT2D eigenvalue weighted by atomic mass is 10.2. The molecular weight excluding hydrogens is 420 g/mol. The number of thiophene rings is 1. The standard InChI is InChI=1S/C21H22N4O3S2/c1-4-10-22-20(28)23-16(26)12-29-21-24-18-17(13(2)14(3)30-18)19(27)25(21)11-15-8-6-5-7-9-15/h4-9H,1,10-12H2,2-3H3,(H2,22,23,26,28). The van der Waals surface area contributed by atoms with Crippen LogP contribution in [0.1, 0.15) is 16.0 Å². The fourth-order valence-electron chi connectivity index (χ4n) is 2.83. The first-order chi connectivity index (χ1) is 14.4. The zero-order valence-corrected chi connectivity index (χ0v) is 18.4. The van der Waals surface area contributed by atoms with E-state index in [2.05, 4.69) is 22.2 Å².